The molecule has 3 nitrogen and oxygen atoms in total. The summed E-state index contributed by atoms with van der Waals surface area (Å²) in [6.07, 6.45) is 1.87. The van der Waals surface area contributed by atoms with Crippen molar-refractivity contribution in [3.63, 3.8) is 0 Å². The Hall–Kier alpha value is -0.310. The van der Waals surface area contributed by atoms with Crippen LogP contribution in [0.3, 0.4) is 0 Å². The van der Waals surface area contributed by atoms with Gasteiger partial charge in [0.15, 0.2) is 0 Å². The van der Waals surface area contributed by atoms with Crippen molar-refractivity contribution in [2.45, 2.75) is 6.54 Å². The summed E-state index contributed by atoms with van der Waals surface area (Å²) in [5.74, 6) is 0.888. The molecule has 0 spiro atoms. The molecule has 0 N–H and O–H groups in total. The van der Waals surface area contributed by atoms with Crippen molar-refractivity contribution in [3.05, 3.63) is 43.6 Å². The molecule has 0 unspecified atom stereocenters. The van der Waals surface area contributed by atoms with Crippen LogP contribution in [0.5, 0.6) is 5.75 Å². The third-order valence-corrected chi connectivity index (χ3v) is 5.20. The Balaban J connectivity index is 2.17. The van der Waals surface area contributed by atoms with E-state index in [1.165, 1.54) is 9.26 Å². The van der Waals surface area contributed by atoms with Crippen molar-refractivity contribution in [1.82, 2.24) is 9.55 Å². The predicted molar refractivity (Wildman–Crippen MR) is 79.8 cm³/mol. The van der Waals surface area contributed by atoms with Gasteiger partial charge in [0.05, 0.1) is 13.4 Å². The monoisotopic (exact) mass is 440 g/mol. The van der Waals surface area contributed by atoms with E-state index < -0.39 is 0 Å². The molecular formula is C11H10I2N2O. The summed E-state index contributed by atoms with van der Waals surface area (Å²) < 4.78 is 9.48. The van der Waals surface area contributed by atoms with Gasteiger partial charge in [-0.1, -0.05) is 12.1 Å². The molecule has 1 aromatic carbocycles. The number of nitrogens with zero attached hydrogens (tertiary/aromatic N) is 2. The zero-order chi connectivity index (χ0) is 11.5. The zero-order valence-corrected chi connectivity index (χ0v) is 13.0. The van der Waals surface area contributed by atoms with Gasteiger partial charge in [0.1, 0.15) is 13.2 Å². The van der Waals surface area contributed by atoms with Crippen molar-refractivity contribution in [2.24, 2.45) is 0 Å². The molecule has 0 saturated heterocycles. The van der Waals surface area contributed by atoms with Gasteiger partial charge in [-0.05, 0) is 62.9 Å². The molecule has 0 saturated carbocycles. The fraction of sp³-hybridized carbons (Fsp3) is 0.182. The molecule has 0 aliphatic carbocycles. The Kier molecular flexibility index (Phi) is 4.06. The Morgan fingerprint density at radius 2 is 1.94 bits per heavy atom. The molecule has 0 bridgehead atoms. The van der Waals surface area contributed by atoms with Crippen LogP contribution in [0, 0.1) is 7.40 Å². The fourth-order valence-electron chi connectivity index (χ4n) is 1.38. The second-order valence-corrected chi connectivity index (χ2v) is 5.35. The summed E-state index contributed by atoms with van der Waals surface area (Å²) in [5.41, 5.74) is 1.24. The van der Waals surface area contributed by atoms with E-state index in [2.05, 4.69) is 66.9 Å². The molecule has 5 heteroatoms. The lowest BCUT2D eigenvalue weighted by Gasteiger charge is -2.05. The molecule has 2 aromatic rings. The zero-order valence-electron chi connectivity index (χ0n) is 8.65. The standard InChI is InChI=1S/C11H10I2N2O/c1-16-9-4-2-8(3-5-9)6-15-7-14-10(12)11(15)13/h2-5,7H,6H2,1H3. The van der Waals surface area contributed by atoms with Gasteiger partial charge in [-0.25, -0.2) is 4.98 Å². The first-order chi connectivity index (χ1) is 7.70. The number of rotatable bonds is 3. The Bertz CT molecular complexity index is 479. The molecule has 84 valence electrons. The van der Waals surface area contributed by atoms with Crippen LogP contribution in [-0.4, -0.2) is 16.7 Å². The molecule has 0 atom stereocenters. The molecule has 0 amide bonds. The lowest BCUT2D eigenvalue weighted by molar-refractivity contribution is 0.414. The van der Waals surface area contributed by atoms with Gasteiger partial charge in [0.2, 0.25) is 0 Å². The lowest BCUT2D eigenvalue weighted by Crippen LogP contribution is -2.00. The van der Waals surface area contributed by atoms with Crippen LogP contribution in [0.2, 0.25) is 0 Å². The highest BCUT2D eigenvalue weighted by atomic mass is 127. The van der Waals surface area contributed by atoms with Crippen LogP contribution in [0.1, 0.15) is 5.56 Å². The van der Waals surface area contributed by atoms with Gasteiger partial charge in [-0.15, -0.1) is 0 Å². The van der Waals surface area contributed by atoms with Crippen molar-refractivity contribution in [3.8, 4) is 5.75 Å². The summed E-state index contributed by atoms with van der Waals surface area (Å²) in [5, 5.41) is 0. The Morgan fingerprint density at radius 1 is 1.25 bits per heavy atom. The number of halogens is 2. The molecule has 0 aliphatic heterocycles. The number of hydrogen-bond acceptors (Lipinski definition) is 2. The van der Waals surface area contributed by atoms with Gasteiger partial charge >= 0.3 is 0 Å². The van der Waals surface area contributed by atoms with Gasteiger partial charge in [0, 0.05) is 6.54 Å². The lowest BCUT2D eigenvalue weighted by atomic mass is 10.2. The highest BCUT2D eigenvalue weighted by Gasteiger charge is 2.05. The van der Waals surface area contributed by atoms with Gasteiger partial charge in [-0.3, -0.25) is 0 Å². The van der Waals surface area contributed by atoms with Crippen molar-refractivity contribution < 1.29 is 4.74 Å². The molecule has 1 aromatic heterocycles. The van der Waals surface area contributed by atoms with Crippen LogP contribution in [-0.2, 0) is 6.54 Å². The largest absolute Gasteiger partial charge is 0.497 e. The third kappa shape index (κ3) is 2.68. The summed E-state index contributed by atoms with van der Waals surface area (Å²) in [4.78, 5) is 4.26. The predicted octanol–water partition coefficient (Wildman–Crippen LogP) is 3.15. The molecule has 0 fully saturated rings. The Morgan fingerprint density at radius 3 is 2.44 bits per heavy atom. The van der Waals surface area contributed by atoms with Crippen molar-refractivity contribution in [1.29, 1.82) is 0 Å². The van der Waals surface area contributed by atoms with Crippen LogP contribution >= 0.6 is 45.2 Å². The van der Waals surface area contributed by atoms with Gasteiger partial charge < -0.3 is 9.30 Å². The number of methoxy groups -OCH3 is 1. The third-order valence-electron chi connectivity index (χ3n) is 2.24. The smallest absolute Gasteiger partial charge is 0.132 e. The quantitative estimate of drug-likeness (QED) is 0.687. The van der Waals surface area contributed by atoms with Crippen LogP contribution in [0.4, 0.5) is 0 Å². The van der Waals surface area contributed by atoms with E-state index in [9.17, 15) is 0 Å². The van der Waals surface area contributed by atoms with E-state index >= 15 is 0 Å². The van der Waals surface area contributed by atoms with Crippen LogP contribution in [0.15, 0.2) is 30.6 Å². The highest BCUT2D eigenvalue weighted by Crippen LogP contribution is 2.16. The number of hydrogen-bond donors (Lipinski definition) is 0. The number of imidazole rings is 1. The minimum absolute atomic E-state index is 0.846. The second kappa shape index (κ2) is 5.35. The molecule has 0 aliphatic rings. The van der Waals surface area contributed by atoms with E-state index in [-0.39, 0.29) is 0 Å². The first-order valence-corrected chi connectivity index (χ1v) is 6.85. The molecule has 16 heavy (non-hydrogen) atoms. The van der Waals surface area contributed by atoms with Gasteiger partial charge in [-0.2, -0.15) is 0 Å². The minimum Gasteiger partial charge on any atom is -0.497 e. The fourth-order valence-corrected chi connectivity index (χ4v) is 2.25. The summed E-state index contributed by atoms with van der Waals surface area (Å²) in [7, 11) is 1.68. The second-order valence-electron chi connectivity index (χ2n) is 3.30. The normalized spacial score (nSPS) is 10.4. The van der Waals surface area contributed by atoms with E-state index in [1.54, 1.807) is 7.11 Å². The summed E-state index contributed by atoms with van der Waals surface area (Å²) in [6, 6.07) is 8.09. The topological polar surface area (TPSA) is 27.1 Å². The molecule has 2 rings (SSSR count). The summed E-state index contributed by atoms with van der Waals surface area (Å²) >= 11 is 4.55. The maximum Gasteiger partial charge on any atom is 0.132 e. The summed E-state index contributed by atoms with van der Waals surface area (Å²) in [6.45, 7) is 0.846. The number of aromatic nitrogens is 2. The molecular weight excluding hydrogens is 430 g/mol. The van der Waals surface area contributed by atoms with E-state index in [0.717, 1.165) is 16.0 Å². The average Bonchev–Trinajstić information content (AvgIpc) is 2.62. The first kappa shape index (κ1) is 12.2. The average molecular weight is 440 g/mol. The minimum atomic E-state index is 0.846. The first-order valence-electron chi connectivity index (χ1n) is 4.70. The highest BCUT2D eigenvalue weighted by molar-refractivity contribution is 14.1. The van der Waals surface area contributed by atoms with Crippen molar-refractivity contribution >= 4 is 45.2 Å². The molecule has 1 heterocycles. The van der Waals surface area contributed by atoms with Crippen LogP contribution in [0.25, 0.3) is 0 Å². The van der Waals surface area contributed by atoms with E-state index in [4.69, 9.17) is 4.74 Å². The van der Waals surface area contributed by atoms with E-state index in [0.29, 0.717) is 0 Å². The van der Waals surface area contributed by atoms with Crippen LogP contribution < -0.4 is 4.74 Å². The molecule has 0 radical (unpaired) electrons. The SMILES string of the molecule is COc1ccc(Cn2cnc(I)c2I)cc1. The maximum atomic E-state index is 5.13. The Labute approximate surface area is 121 Å². The number of ether oxygens (including phenoxy) is 1. The van der Waals surface area contributed by atoms with E-state index in [1.807, 2.05) is 18.5 Å². The van der Waals surface area contributed by atoms with Crippen molar-refractivity contribution in [2.75, 3.05) is 7.11 Å². The van der Waals surface area contributed by atoms with Gasteiger partial charge in [0.25, 0.3) is 0 Å². The number of benzene rings is 1. The maximum absolute atomic E-state index is 5.13.